The summed E-state index contributed by atoms with van der Waals surface area (Å²) in [6.07, 6.45) is 2.56. The molecular weight excluding hydrogens is 372 g/mol. The highest BCUT2D eigenvalue weighted by Gasteiger charge is 2.09. The maximum Gasteiger partial charge on any atom is 0.191 e. The van der Waals surface area contributed by atoms with Crippen molar-refractivity contribution >= 4 is 17.7 Å². The molecule has 0 spiro atoms. The fraction of sp³-hybridized carbons (Fsp3) is 0.476. The Hall–Kier alpha value is -1.96. The van der Waals surface area contributed by atoms with Crippen LogP contribution in [0, 0.1) is 0 Å². The Morgan fingerprint density at radius 2 is 1.86 bits per heavy atom. The molecule has 1 aliphatic rings. The standard InChI is InChI=1S/C21H30N4O2S/c1-2-6-20(7-3-1)28-18-11-24-21(22-9-8-19-5-4-15-27-19)23-10-12-25-13-16-26-17-14-25/h1-7,15H,8-14,16-18H2,(H2,22,23,24). The van der Waals surface area contributed by atoms with Gasteiger partial charge in [0.2, 0.25) is 0 Å². The maximum absolute atomic E-state index is 5.40. The highest BCUT2D eigenvalue weighted by atomic mass is 32.2. The summed E-state index contributed by atoms with van der Waals surface area (Å²) in [5, 5.41) is 6.87. The first kappa shape index (κ1) is 20.8. The number of nitrogens with zero attached hydrogens (tertiary/aromatic N) is 2. The third-order valence-corrected chi connectivity index (χ3v) is 5.45. The first-order valence-electron chi connectivity index (χ1n) is 9.93. The van der Waals surface area contributed by atoms with Crippen molar-refractivity contribution in [3.63, 3.8) is 0 Å². The van der Waals surface area contributed by atoms with Gasteiger partial charge in [0.15, 0.2) is 5.96 Å². The van der Waals surface area contributed by atoms with E-state index >= 15 is 0 Å². The van der Waals surface area contributed by atoms with E-state index in [1.54, 1.807) is 6.26 Å². The van der Waals surface area contributed by atoms with Crippen molar-refractivity contribution in [1.82, 2.24) is 15.5 Å². The molecule has 7 heteroatoms. The molecule has 0 atom stereocenters. The summed E-state index contributed by atoms with van der Waals surface area (Å²) >= 11 is 1.85. The highest BCUT2D eigenvalue weighted by molar-refractivity contribution is 7.99. The van der Waals surface area contributed by atoms with E-state index in [9.17, 15) is 0 Å². The molecule has 2 heterocycles. The van der Waals surface area contributed by atoms with Gasteiger partial charge in [0.25, 0.3) is 0 Å². The predicted octanol–water partition coefficient (Wildman–Crippen LogP) is 2.48. The first-order valence-corrected chi connectivity index (χ1v) is 10.9. The summed E-state index contributed by atoms with van der Waals surface area (Å²) in [6.45, 7) is 7.05. The summed E-state index contributed by atoms with van der Waals surface area (Å²) in [7, 11) is 0. The Balaban J connectivity index is 1.41. The van der Waals surface area contributed by atoms with Crippen LogP contribution in [-0.2, 0) is 11.2 Å². The molecule has 1 saturated heterocycles. The van der Waals surface area contributed by atoms with E-state index in [4.69, 9.17) is 14.1 Å². The van der Waals surface area contributed by atoms with Crippen LogP contribution < -0.4 is 10.6 Å². The fourth-order valence-corrected chi connectivity index (χ4v) is 3.71. The van der Waals surface area contributed by atoms with Gasteiger partial charge in [0.05, 0.1) is 26.0 Å². The minimum Gasteiger partial charge on any atom is -0.469 e. The van der Waals surface area contributed by atoms with E-state index in [2.05, 4.69) is 39.8 Å². The molecular formula is C21H30N4O2S. The molecule has 1 aliphatic heterocycles. The number of guanidine groups is 1. The average molecular weight is 403 g/mol. The molecule has 0 amide bonds. The summed E-state index contributed by atoms with van der Waals surface area (Å²) < 4.78 is 10.8. The Bertz CT molecular complexity index is 673. The number of hydrogen-bond donors (Lipinski definition) is 2. The number of thioether (sulfide) groups is 1. The van der Waals surface area contributed by atoms with Gasteiger partial charge in [-0.1, -0.05) is 18.2 Å². The van der Waals surface area contributed by atoms with Crippen molar-refractivity contribution < 1.29 is 9.15 Å². The maximum atomic E-state index is 5.40. The van der Waals surface area contributed by atoms with Crippen molar-refractivity contribution in [3.05, 3.63) is 54.5 Å². The van der Waals surface area contributed by atoms with Crippen LogP contribution >= 0.6 is 11.8 Å². The van der Waals surface area contributed by atoms with Gasteiger partial charge in [0, 0.05) is 49.8 Å². The van der Waals surface area contributed by atoms with Crippen LogP contribution in [0.3, 0.4) is 0 Å². The van der Waals surface area contributed by atoms with Gasteiger partial charge >= 0.3 is 0 Å². The van der Waals surface area contributed by atoms with Gasteiger partial charge in [-0.15, -0.1) is 11.8 Å². The topological polar surface area (TPSA) is 62.0 Å². The van der Waals surface area contributed by atoms with E-state index < -0.39 is 0 Å². The molecule has 28 heavy (non-hydrogen) atoms. The van der Waals surface area contributed by atoms with Crippen LogP contribution in [0.4, 0.5) is 0 Å². The second kappa shape index (κ2) is 12.5. The molecule has 2 aromatic rings. The van der Waals surface area contributed by atoms with E-state index in [1.807, 2.05) is 30.0 Å². The minimum atomic E-state index is 0.780. The lowest BCUT2D eigenvalue weighted by atomic mass is 10.3. The molecule has 3 rings (SSSR count). The SMILES string of the molecule is c1ccc(SCCNC(=NCCN2CCOCC2)NCCc2ccco2)cc1. The Kier molecular flexibility index (Phi) is 9.26. The molecule has 1 fully saturated rings. The summed E-state index contributed by atoms with van der Waals surface area (Å²) in [6, 6.07) is 14.4. The number of nitrogens with one attached hydrogen (secondary N) is 2. The smallest absolute Gasteiger partial charge is 0.191 e. The quantitative estimate of drug-likeness (QED) is 0.276. The van der Waals surface area contributed by atoms with Gasteiger partial charge in [-0.25, -0.2) is 0 Å². The summed E-state index contributed by atoms with van der Waals surface area (Å²) in [5.41, 5.74) is 0. The normalized spacial score (nSPS) is 15.5. The number of hydrogen-bond acceptors (Lipinski definition) is 5. The zero-order valence-corrected chi connectivity index (χ0v) is 17.1. The zero-order chi connectivity index (χ0) is 19.3. The van der Waals surface area contributed by atoms with Crippen LogP contribution in [0.5, 0.6) is 0 Å². The summed E-state index contributed by atoms with van der Waals surface area (Å²) in [4.78, 5) is 8.45. The molecule has 0 radical (unpaired) electrons. The molecule has 1 aromatic carbocycles. The predicted molar refractivity (Wildman–Crippen MR) is 115 cm³/mol. The van der Waals surface area contributed by atoms with Crippen molar-refractivity contribution in [3.8, 4) is 0 Å². The Morgan fingerprint density at radius 1 is 1.04 bits per heavy atom. The van der Waals surface area contributed by atoms with Gasteiger partial charge in [-0.05, 0) is 24.3 Å². The third kappa shape index (κ3) is 7.96. The number of aliphatic imine (C=N–C) groups is 1. The van der Waals surface area contributed by atoms with Crippen LogP contribution in [0.1, 0.15) is 5.76 Å². The Labute approximate surface area is 171 Å². The van der Waals surface area contributed by atoms with Crippen LogP contribution in [0.2, 0.25) is 0 Å². The van der Waals surface area contributed by atoms with Gasteiger partial charge in [0.1, 0.15) is 5.76 Å². The second-order valence-corrected chi connectivity index (χ2v) is 7.70. The third-order valence-electron chi connectivity index (χ3n) is 4.44. The van der Waals surface area contributed by atoms with Crippen molar-refractivity contribution in [1.29, 1.82) is 0 Å². The van der Waals surface area contributed by atoms with Gasteiger partial charge in [-0.3, -0.25) is 9.89 Å². The number of benzene rings is 1. The first-order chi connectivity index (χ1) is 13.9. The van der Waals surface area contributed by atoms with Crippen LogP contribution in [0.15, 0.2) is 63.0 Å². The number of ether oxygens (including phenoxy) is 1. The highest BCUT2D eigenvalue weighted by Crippen LogP contribution is 2.15. The van der Waals surface area contributed by atoms with E-state index in [0.717, 1.165) is 76.4 Å². The molecule has 6 nitrogen and oxygen atoms in total. The monoisotopic (exact) mass is 402 g/mol. The molecule has 0 saturated carbocycles. The van der Waals surface area contributed by atoms with Crippen molar-refractivity contribution in [2.75, 3.05) is 58.2 Å². The van der Waals surface area contributed by atoms with E-state index in [1.165, 1.54) is 4.90 Å². The lowest BCUT2D eigenvalue weighted by molar-refractivity contribution is 0.0394. The lowest BCUT2D eigenvalue weighted by Crippen LogP contribution is -2.41. The lowest BCUT2D eigenvalue weighted by Gasteiger charge is -2.25. The number of rotatable bonds is 10. The number of morpholine rings is 1. The van der Waals surface area contributed by atoms with Gasteiger partial charge < -0.3 is 19.8 Å². The minimum absolute atomic E-state index is 0.780. The van der Waals surface area contributed by atoms with Crippen LogP contribution in [-0.4, -0.2) is 69.1 Å². The molecule has 1 aromatic heterocycles. The van der Waals surface area contributed by atoms with Crippen LogP contribution in [0.25, 0.3) is 0 Å². The zero-order valence-electron chi connectivity index (χ0n) is 16.3. The van der Waals surface area contributed by atoms with Crippen molar-refractivity contribution in [2.24, 2.45) is 4.99 Å². The van der Waals surface area contributed by atoms with E-state index in [0.29, 0.717) is 0 Å². The molecule has 0 aliphatic carbocycles. The van der Waals surface area contributed by atoms with Gasteiger partial charge in [-0.2, -0.15) is 0 Å². The molecule has 152 valence electrons. The largest absolute Gasteiger partial charge is 0.469 e. The number of furan rings is 1. The summed E-state index contributed by atoms with van der Waals surface area (Å²) in [5.74, 6) is 2.85. The van der Waals surface area contributed by atoms with Crippen molar-refractivity contribution in [2.45, 2.75) is 11.3 Å². The van der Waals surface area contributed by atoms with E-state index in [-0.39, 0.29) is 0 Å². The molecule has 0 bridgehead atoms. The Morgan fingerprint density at radius 3 is 2.64 bits per heavy atom. The average Bonchev–Trinajstić information content (AvgIpc) is 3.26. The second-order valence-electron chi connectivity index (χ2n) is 6.53. The fourth-order valence-electron chi connectivity index (χ4n) is 2.92. The molecule has 0 unspecified atom stereocenters. The molecule has 2 N–H and O–H groups in total.